The Morgan fingerprint density at radius 1 is 1.20 bits per heavy atom. The summed E-state index contributed by atoms with van der Waals surface area (Å²) in [5, 5.41) is 9.53. The Kier molecular flexibility index (Phi) is 5.10. The quantitative estimate of drug-likeness (QED) is 0.871. The van der Waals surface area contributed by atoms with E-state index >= 15 is 0 Å². The Morgan fingerprint density at radius 2 is 1.90 bits per heavy atom. The zero-order valence-electron chi connectivity index (χ0n) is 11.1. The zero-order valence-corrected chi connectivity index (χ0v) is 12.7. The molecule has 104 valence electrons. The predicted octanol–water partition coefficient (Wildman–Crippen LogP) is 4.68. The molecule has 2 aromatic rings. The highest BCUT2D eigenvalue weighted by molar-refractivity contribution is 7.99. The Labute approximate surface area is 127 Å². The lowest BCUT2D eigenvalue weighted by molar-refractivity contribution is -0.136. The number of hydrogen-bond donors (Lipinski definition) is 1. The number of benzene rings is 2. The van der Waals surface area contributed by atoms with Crippen LogP contribution >= 0.6 is 23.4 Å². The molecule has 4 heteroatoms. The van der Waals surface area contributed by atoms with Gasteiger partial charge in [-0.25, -0.2) is 0 Å². The van der Waals surface area contributed by atoms with Crippen molar-refractivity contribution in [2.45, 2.75) is 29.6 Å². The van der Waals surface area contributed by atoms with Crippen LogP contribution in [0.15, 0.2) is 52.3 Å². The molecule has 0 fully saturated rings. The van der Waals surface area contributed by atoms with Gasteiger partial charge in [0.25, 0.3) is 0 Å². The number of aryl methyl sites for hydroxylation is 1. The van der Waals surface area contributed by atoms with Gasteiger partial charge >= 0.3 is 5.97 Å². The molecule has 0 aromatic heterocycles. The number of aliphatic carboxylic acids is 1. The molecule has 1 N–H and O–H groups in total. The van der Waals surface area contributed by atoms with Crippen LogP contribution in [-0.2, 0) is 17.6 Å². The molecule has 2 nitrogen and oxygen atoms in total. The molecule has 0 amide bonds. The van der Waals surface area contributed by atoms with Crippen LogP contribution in [0.5, 0.6) is 0 Å². The molecule has 0 aliphatic carbocycles. The number of halogens is 1. The summed E-state index contributed by atoms with van der Waals surface area (Å²) in [5.41, 5.74) is 2.03. The van der Waals surface area contributed by atoms with E-state index in [-0.39, 0.29) is 6.42 Å². The van der Waals surface area contributed by atoms with Crippen molar-refractivity contribution in [1.29, 1.82) is 0 Å². The standard InChI is InChI=1S/C16H15ClO2S/c1-2-11-3-6-14(7-4-11)20-15-8-5-13(17)9-12(15)10-16(18)19/h3-9H,2,10H2,1H3,(H,18,19). The van der Waals surface area contributed by atoms with Crippen molar-refractivity contribution in [1.82, 2.24) is 0 Å². The van der Waals surface area contributed by atoms with Crippen LogP contribution in [0.1, 0.15) is 18.1 Å². The summed E-state index contributed by atoms with van der Waals surface area (Å²) < 4.78 is 0. The van der Waals surface area contributed by atoms with E-state index in [1.54, 1.807) is 23.9 Å². The summed E-state index contributed by atoms with van der Waals surface area (Å²) in [5.74, 6) is -0.851. The second kappa shape index (κ2) is 6.82. The highest BCUT2D eigenvalue weighted by Crippen LogP contribution is 2.32. The molecule has 2 rings (SSSR count). The average Bonchev–Trinajstić information content (AvgIpc) is 2.42. The first kappa shape index (κ1) is 14.9. The van der Waals surface area contributed by atoms with E-state index < -0.39 is 5.97 Å². The van der Waals surface area contributed by atoms with Crippen molar-refractivity contribution in [2.75, 3.05) is 0 Å². The molecule has 0 saturated carbocycles. The minimum atomic E-state index is -0.851. The molecule has 0 aliphatic heterocycles. The molecule has 2 aromatic carbocycles. The minimum absolute atomic E-state index is 0.0179. The molecule has 0 spiro atoms. The molecule has 0 saturated heterocycles. The van der Waals surface area contributed by atoms with Crippen LogP contribution in [0.2, 0.25) is 5.02 Å². The van der Waals surface area contributed by atoms with Crippen LogP contribution in [0.25, 0.3) is 0 Å². The Hall–Kier alpha value is -1.45. The highest BCUT2D eigenvalue weighted by Gasteiger charge is 2.09. The molecular formula is C16H15ClO2S. The van der Waals surface area contributed by atoms with E-state index in [9.17, 15) is 4.79 Å². The number of carboxylic acids is 1. The van der Waals surface area contributed by atoms with Crippen molar-refractivity contribution in [3.05, 3.63) is 58.6 Å². The molecular weight excluding hydrogens is 292 g/mol. The third-order valence-electron chi connectivity index (χ3n) is 2.92. The fraction of sp³-hybridized carbons (Fsp3) is 0.188. The van der Waals surface area contributed by atoms with E-state index in [0.29, 0.717) is 5.02 Å². The van der Waals surface area contributed by atoms with Crippen molar-refractivity contribution < 1.29 is 9.90 Å². The average molecular weight is 307 g/mol. The lowest BCUT2D eigenvalue weighted by atomic mass is 10.1. The molecule has 0 heterocycles. The minimum Gasteiger partial charge on any atom is -0.481 e. The number of carboxylic acid groups (broad SMARTS) is 1. The van der Waals surface area contributed by atoms with E-state index in [1.165, 1.54) is 5.56 Å². The van der Waals surface area contributed by atoms with Crippen LogP contribution in [-0.4, -0.2) is 11.1 Å². The second-order valence-electron chi connectivity index (χ2n) is 4.42. The van der Waals surface area contributed by atoms with Gasteiger partial charge < -0.3 is 5.11 Å². The van der Waals surface area contributed by atoms with Gasteiger partial charge in [-0.2, -0.15) is 0 Å². The summed E-state index contributed by atoms with van der Waals surface area (Å²) in [7, 11) is 0. The summed E-state index contributed by atoms with van der Waals surface area (Å²) in [6, 6.07) is 13.7. The topological polar surface area (TPSA) is 37.3 Å². The predicted molar refractivity (Wildman–Crippen MR) is 82.7 cm³/mol. The van der Waals surface area contributed by atoms with Crippen molar-refractivity contribution in [3.63, 3.8) is 0 Å². The molecule has 0 atom stereocenters. The van der Waals surface area contributed by atoms with Crippen LogP contribution < -0.4 is 0 Å². The van der Waals surface area contributed by atoms with Crippen LogP contribution in [0.3, 0.4) is 0 Å². The second-order valence-corrected chi connectivity index (χ2v) is 5.97. The molecule has 0 aliphatic rings. The number of rotatable bonds is 5. The fourth-order valence-corrected chi connectivity index (χ4v) is 2.99. The van der Waals surface area contributed by atoms with Gasteiger partial charge in [-0.1, -0.05) is 42.4 Å². The normalized spacial score (nSPS) is 10.5. The van der Waals surface area contributed by atoms with Gasteiger partial charge in [0.1, 0.15) is 0 Å². The first-order valence-corrected chi connectivity index (χ1v) is 7.55. The Bertz CT molecular complexity index is 608. The van der Waals surface area contributed by atoms with E-state index in [1.807, 2.05) is 6.07 Å². The van der Waals surface area contributed by atoms with Gasteiger partial charge in [0.05, 0.1) is 6.42 Å². The van der Waals surface area contributed by atoms with Crippen LogP contribution in [0.4, 0.5) is 0 Å². The van der Waals surface area contributed by atoms with Crippen molar-refractivity contribution >= 4 is 29.3 Å². The van der Waals surface area contributed by atoms with Crippen molar-refractivity contribution in [3.8, 4) is 0 Å². The Morgan fingerprint density at radius 3 is 2.50 bits per heavy atom. The molecule has 0 radical (unpaired) electrons. The summed E-state index contributed by atoms with van der Waals surface area (Å²) in [6.45, 7) is 2.12. The molecule has 0 bridgehead atoms. The maximum absolute atomic E-state index is 10.9. The number of carbonyl (C=O) groups is 1. The Balaban J connectivity index is 2.25. The van der Waals surface area contributed by atoms with Gasteiger partial charge in [0.2, 0.25) is 0 Å². The van der Waals surface area contributed by atoms with E-state index in [0.717, 1.165) is 21.8 Å². The maximum Gasteiger partial charge on any atom is 0.307 e. The molecule has 0 unspecified atom stereocenters. The highest BCUT2D eigenvalue weighted by atomic mass is 35.5. The first-order valence-electron chi connectivity index (χ1n) is 6.35. The maximum atomic E-state index is 10.9. The first-order chi connectivity index (χ1) is 9.58. The SMILES string of the molecule is CCc1ccc(Sc2ccc(Cl)cc2CC(=O)O)cc1. The summed E-state index contributed by atoms with van der Waals surface area (Å²) in [6.07, 6.45) is 0.992. The zero-order chi connectivity index (χ0) is 14.5. The third kappa shape index (κ3) is 4.02. The van der Waals surface area contributed by atoms with Gasteiger partial charge in [-0.15, -0.1) is 0 Å². The monoisotopic (exact) mass is 306 g/mol. The largest absolute Gasteiger partial charge is 0.481 e. The lowest BCUT2D eigenvalue weighted by Crippen LogP contribution is -2.01. The van der Waals surface area contributed by atoms with Gasteiger partial charge in [-0.3, -0.25) is 4.79 Å². The van der Waals surface area contributed by atoms with Crippen LogP contribution in [0, 0.1) is 0 Å². The van der Waals surface area contributed by atoms with E-state index in [4.69, 9.17) is 16.7 Å². The van der Waals surface area contributed by atoms with Gasteiger partial charge in [0, 0.05) is 14.8 Å². The smallest absolute Gasteiger partial charge is 0.307 e. The van der Waals surface area contributed by atoms with Crippen molar-refractivity contribution in [2.24, 2.45) is 0 Å². The lowest BCUT2D eigenvalue weighted by Gasteiger charge is -2.08. The summed E-state index contributed by atoms with van der Waals surface area (Å²) >= 11 is 7.50. The van der Waals surface area contributed by atoms with Gasteiger partial charge in [-0.05, 0) is 47.9 Å². The molecule has 20 heavy (non-hydrogen) atoms. The number of hydrogen-bond acceptors (Lipinski definition) is 2. The summed E-state index contributed by atoms with van der Waals surface area (Å²) in [4.78, 5) is 12.9. The fourth-order valence-electron chi connectivity index (χ4n) is 1.87. The van der Waals surface area contributed by atoms with Gasteiger partial charge in [0.15, 0.2) is 0 Å². The van der Waals surface area contributed by atoms with E-state index in [2.05, 4.69) is 31.2 Å². The third-order valence-corrected chi connectivity index (χ3v) is 4.28.